The SMILES string of the molecule is CC[C@H](C)NC(=O)[C@@H](Cc1ccccc1)N(Cc1ccc(Cl)cc1)C(=O)COc1cc(OC)cc(OC)c1. The minimum absolute atomic E-state index is 0.0336. The van der Waals surface area contributed by atoms with Gasteiger partial charge in [0.25, 0.3) is 5.91 Å². The Labute approximate surface area is 229 Å². The van der Waals surface area contributed by atoms with Crippen molar-refractivity contribution in [2.45, 2.75) is 45.3 Å². The molecule has 2 amide bonds. The van der Waals surface area contributed by atoms with Crippen molar-refractivity contribution < 1.29 is 23.8 Å². The molecule has 7 nitrogen and oxygen atoms in total. The average molecular weight is 539 g/mol. The van der Waals surface area contributed by atoms with Crippen LogP contribution in [-0.2, 0) is 22.6 Å². The Balaban J connectivity index is 1.92. The van der Waals surface area contributed by atoms with Crippen LogP contribution in [-0.4, -0.2) is 49.6 Å². The number of methoxy groups -OCH3 is 2. The van der Waals surface area contributed by atoms with Crippen LogP contribution in [0.4, 0.5) is 0 Å². The van der Waals surface area contributed by atoms with Gasteiger partial charge in [-0.1, -0.05) is 61.0 Å². The number of halogens is 1. The van der Waals surface area contributed by atoms with Crippen molar-refractivity contribution in [3.8, 4) is 17.2 Å². The normalized spacial score (nSPS) is 12.2. The van der Waals surface area contributed by atoms with E-state index in [0.717, 1.165) is 17.5 Å². The molecule has 38 heavy (non-hydrogen) atoms. The zero-order valence-corrected chi connectivity index (χ0v) is 23.0. The van der Waals surface area contributed by atoms with E-state index < -0.39 is 6.04 Å². The second-order valence-corrected chi connectivity index (χ2v) is 9.44. The lowest BCUT2D eigenvalue weighted by Gasteiger charge is -2.32. The molecular weight excluding hydrogens is 504 g/mol. The zero-order valence-electron chi connectivity index (χ0n) is 22.3. The van der Waals surface area contributed by atoms with Gasteiger partial charge < -0.3 is 24.4 Å². The molecule has 0 unspecified atom stereocenters. The number of hydrogen-bond donors (Lipinski definition) is 1. The van der Waals surface area contributed by atoms with Crippen molar-refractivity contribution in [3.05, 3.63) is 88.9 Å². The molecule has 202 valence electrons. The Bertz CT molecular complexity index is 1160. The summed E-state index contributed by atoms with van der Waals surface area (Å²) in [4.78, 5) is 28.8. The maximum atomic E-state index is 13.7. The number of nitrogens with one attached hydrogen (secondary N) is 1. The van der Waals surface area contributed by atoms with Crippen molar-refractivity contribution in [1.29, 1.82) is 0 Å². The summed E-state index contributed by atoms with van der Waals surface area (Å²) >= 11 is 6.09. The maximum Gasteiger partial charge on any atom is 0.261 e. The fourth-order valence-corrected chi connectivity index (χ4v) is 4.00. The number of benzene rings is 3. The van der Waals surface area contributed by atoms with Crippen LogP contribution in [0.25, 0.3) is 0 Å². The predicted molar refractivity (Wildman–Crippen MR) is 149 cm³/mol. The van der Waals surface area contributed by atoms with Crippen molar-refractivity contribution in [2.24, 2.45) is 0 Å². The molecule has 0 bridgehead atoms. The molecule has 8 heteroatoms. The Morgan fingerprint density at radius 1 is 0.895 bits per heavy atom. The van der Waals surface area contributed by atoms with Gasteiger partial charge in [0.1, 0.15) is 23.3 Å². The van der Waals surface area contributed by atoms with Crippen LogP contribution in [0.3, 0.4) is 0 Å². The van der Waals surface area contributed by atoms with Gasteiger partial charge >= 0.3 is 0 Å². The van der Waals surface area contributed by atoms with E-state index in [2.05, 4.69) is 5.32 Å². The van der Waals surface area contributed by atoms with Crippen molar-refractivity contribution in [3.63, 3.8) is 0 Å². The van der Waals surface area contributed by atoms with Crippen molar-refractivity contribution in [2.75, 3.05) is 20.8 Å². The minimum Gasteiger partial charge on any atom is -0.496 e. The van der Waals surface area contributed by atoms with Gasteiger partial charge in [0, 0.05) is 42.2 Å². The molecule has 0 aliphatic rings. The first kappa shape index (κ1) is 28.9. The Morgan fingerprint density at radius 2 is 1.50 bits per heavy atom. The van der Waals surface area contributed by atoms with Crippen molar-refractivity contribution in [1.82, 2.24) is 10.2 Å². The van der Waals surface area contributed by atoms with Gasteiger partial charge in [-0.05, 0) is 36.6 Å². The number of carbonyl (C=O) groups excluding carboxylic acids is 2. The monoisotopic (exact) mass is 538 g/mol. The van der Waals surface area contributed by atoms with E-state index in [-0.39, 0.29) is 31.0 Å². The number of ether oxygens (including phenoxy) is 3. The van der Waals surface area contributed by atoms with E-state index >= 15 is 0 Å². The van der Waals surface area contributed by atoms with Gasteiger partial charge in [0.05, 0.1) is 14.2 Å². The number of hydrogen-bond acceptors (Lipinski definition) is 5. The summed E-state index contributed by atoms with van der Waals surface area (Å²) in [5.74, 6) is 0.958. The molecule has 3 rings (SSSR count). The Kier molecular flexibility index (Phi) is 10.8. The number of nitrogens with zero attached hydrogens (tertiary/aromatic N) is 1. The highest BCUT2D eigenvalue weighted by Crippen LogP contribution is 2.27. The lowest BCUT2D eigenvalue weighted by molar-refractivity contribution is -0.143. The van der Waals surface area contributed by atoms with Crippen LogP contribution in [0, 0.1) is 0 Å². The van der Waals surface area contributed by atoms with Crippen LogP contribution in [0.2, 0.25) is 5.02 Å². The summed E-state index contributed by atoms with van der Waals surface area (Å²) in [6.45, 7) is 3.89. The highest BCUT2D eigenvalue weighted by Gasteiger charge is 2.31. The molecular formula is C30H35ClN2O5. The standard InChI is InChI=1S/C30H35ClN2O5/c1-5-21(2)32-30(35)28(15-22-9-7-6-8-10-22)33(19-23-11-13-24(31)14-12-23)29(34)20-38-27-17-25(36-3)16-26(18-27)37-4/h6-14,16-18,21,28H,5,15,19-20H2,1-4H3,(H,32,35)/t21-,28+/m0/s1. The van der Waals surface area contributed by atoms with E-state index in [1.54, 1.807) is 49.5 Å². The number of amides is 2. The topological polar surface area (TPSA) is 77.1 Å². The first-order chi connectivity index (χ1) is 18.3. The van der Waals surface area contributed by atoms with Crippen LogP contribution in [0.5, 0.6) is 17.2 Å². The summed E-state index contributed by atoms with van der Waals surface area (Å²) in [5, 5.41) is 3.65. The first-order valence-corrected chi connectivity index (χ1v) is 12.9. The van der Waals surface area contributed by atoms with E-state index in [0.29, 0.717) is 28.7 Å². The average Bonchev–Trinajstić information content (AvgIpc) is 2.94. The minimum atomic E-state index is -0.752. The number of carbonyl (C=O) groups is 2. The second kappa shape index (κ2) is 14.3. The molecule has 0 saturated carbocycles. The highest BCUT2D eigenvalue weighted by atomic mass is 35.5. The molecule has 0 radical (unpaired) electrons. The van der Waals surface area contributed by atoms with E-state index in [4.69, 9.17) is 25.8 Å². The molecule has 1 N–H and O–H groups in total. The van der Waals surface area contributed by atoms with E-state index in [1.807, 2.05) is 56.3 Å². The largest absolute Gasteiger partial charge is 0.496 e. The lowest BCUT2D eigenvalue weighted by Crippen LogP contribution is -2.53. The highest BCUT2D eigenvalue weighted by molar-refractivity contribution is 6.30. The molecule has 0 fully saturated rings. The second-order valence-electron chi connectivity index (χ2n) is 9.01. The fourth-order valence-electron chi connectivity index (χ4n) is 3.87. The van der Waals surface area contributed by atoms with Crippen molar-refractivity contribution >= 4 is 23.4 Å². The molecule has 0 aromatic heterocycles. The van der Waals surface area contributed by atoms with Gasteiger partial charge in [0.2, 0.25) is 5.91 Å². The van der Waals surface area contributed by atoms with E-state index in [9.17, 15) is 9.59 Å². The molecule has 3 aromatic rings. The fraction of sp³-hybridized carbons (Fsp3) is 0.333. The summed E-state index contributed by atoms with van der Waals surface area (Å²) in [5.41, 5.74) is 1.80. The van der Waals surface area contributed by atoms with Gasteiger partial charge in [-0.3, -0.25) is 9.59 Å². The molecule has 0 aliphatic carbocycles. The summed E-state index contributed by atoms with van der Waals surface area (Å²) in [7, 11) is 3.09. The molecule has 0 saturated heterocycles. The van der Waals surface area contributed by atoms with Crippen LogP contribution >= 0.6 is 11.6 Å². The summed E-state index contributed by atoms with van der Waals surface area (Å²) in [6.07, 6.45) is 1.13. The van der Waals surface area contributed by atoms with E-state index in [1.165, 1.54) is 0 Å². The molecule has 0 spiro atoms. The lowest BCUT2D eigenvalue weighted by atomic mass is 10.0. The third-order valence-corrected chi connectivity index (χ3v) is 6.48. The van der Waals surface area contributed by atoms with Gasteiger partial charge in [0.15, 0.2) is 6.61 Å². The maximum absolute atomic E-state index is 13.7. The molecule has 3 aromatic carbocycles. The third-order valence-electron chi connectivity index (χ3n) is 6.23. The van der Waals surface area contributed by atoms with Crippen LogP contribution < -0.4 is 19.5 Å². The summed E-state index contributed by atoms with van der Waals surface area (Å²) in [6, 6.07) is 21.2. The third kappa shape index (κ3) is 8.42. The first-order valence-electron chi connectivity index (χ1n) is 12.6. The molecule has 2 atom stereocenters. The van der Waals surface area contributed by atoms with Gasteiger partial charge in [-0.2, -0.15) is 0 Å². The van der Waals surface area contributed by atoms with Gasteiger partial charge in [-0.15, -0.1) is 0 Å². The number of rotatable bonds is 13. The zero-order chi connectivity index (χ0) is 27.5. The Hall–Kier alpha value is -3.71. The summed E-state index contributed by atoms with van der Waals surface area (Å²) < 4.78 is 16.5. The Morgan fingerprint density at radius 3 is 2.08 bits per heavy atom. The smallest absolute Gasteiger partial charge is 0.261 e. The molecule has 0 heterocycles. The predicted octanol–water partition coefficient (Wildman–Crippen LogP) is 5.29. The molecule has 0 aliphatic heterocycles. The van der Waals surface area contributed by atoms with Crippen LogP contribution in [0.15, 0.2) is 72.8 Å². The van der Waals surface area contributed by atoms with Gasteiger partial charge in [-0.25, -0.2) is 0 Å². The quantitative estimate of drug-likeness (QED) is 0.320. The van der Waals surface area contributed by atoms with Crippen LogP contribution in [0.1, 0.15) is 31.4 Å².